The Kier molecular flexibility index (Phi) is 10.3. The fourth-order valence-corrected chi connectivity index (χ4v) is 3.00. The molecule has 1 heterocycles. The van der Waals surface area contributed by atoms with E-state index >= 15 is 0 Å². The lowest BCUT2D eigenvalue weighted by Crippen LogP contribution is -2.35. The van der Waals surface area contributed by atoms with Crippen molar-refractivity contribution < 1.29 is 23.5 Å². The number of unbranched alkanes of at least 4 members (excludes halogenated alkanes) is 1. The van der Waals surface area contributed by atoms with Crippen LogP contribution in [0.3, 0.4) is 0 Å². The van der Waals surface area contributed by atoms with Crippen molar-refractivity contribution in [2.75, 3.05) is 26.9 Å². The summed E-state index contributed by atoms with van der Waals surface area (Å²) in [6.45, 7) is 6.70. The summed E-state index contributed by atoms with van der Waals surface area (Å²) in [5.74, 6) is -1.72. The largest absolute Gasteiger partial charge is 0.487 e. The van der Waals surface area contributed by atoms with Crippen molar-refractivity contribution in [3.05, 3.63) is 76.0 Å². The third-order valence-electron chi connectivity index (χ3n) is 4.73. The monoisotopic (exact) mass is 459 g/mol. The summed E-state index contributed by atoms with van der Waals surface area (Å²) in [4.78, 5) is 38.9. The molecule has 0 spiro atoms. The van der Waals surface area contributed by atoms with Crippen molar-refractivity contribution in [3.63, 3.8) is 0 Å². The predicted molar refractivity (Wildman–Crippen MR) is 123 cm³/mol. The lowest BCUT2D eigenvalue weighted by molar-refractivity contribution is 0.0914. The van der Waals surface area contributed by atoms with Crippen molar-refractivity contribution in [3.8, 4) is 5.75 Å². The number of nitrogens with one attached hydrogen (secondary N) is 2. The van der Waals surface area contributed by atoms with Crippen LogP contribution >= 0.6 is 0 Å². The summed E-state index contributed by atoms with van der Waals surface area (Å²) in [5.41, 5.74) is -0.161. The molecule has 9 heteroatoms. The summed E-state index contributed by atoms with van der Waals surface area (Å²) < 4.78 is 25.2. The van der Waals surface area contributed by atoms with Gasteiger partial charge in [-0.2, -0.15) is 0 Å². The molecule has 0 radical (unpaired) electrons. The van der Waals surface area contributed by atoms with Crippen LogP contribution in [-0.2, 0) is 17.8 Å². The molecule has 1 aromatic heterocycles. The molecule has 0 aliphatic heterocycles. The molecule has 0 bridgehead atoms. The quantitative estimate of drug-likeness (QED) is 0.355. The van der Waals surface area contributed by atoms with Gasteiger partial charge < -0.3 is 24.7 Å². The van der Waals surface area contributed by atoms with E-state index in [1.54, 1.807) is 18.2 Å². The van der Waals surface area contributed by atoms with Crippen LogP contribution in [0.1, 0.15) is 46.2 Å². The van der Waals surface area contributed by atoms with Crippen molar-refractivity contribution in [2.24, 2.45) is 0 Å². The van der Waals surface area contributed by atoms with Gasteiger partial charge in [-0.3, -0.25) is 14.4 Å². The van der Waals surface area contributed by atoms with Gasteiger partial charge >= 0.3 is 0 Å². The normalized spacial score (nSPS) is 10.5. The Labute approximate surface area is 192 Å². The lowest BCUT2D eigenvalue weighted by atomic mass is 10.1. The van der Waals surface area contributed by atoms with Crippen LogP contribution in [0.25, 0.3) is 0 Å². The molecule has 0 unspecified atom stereocenters. The number of pyridine rings is 1. The molecule has 8 nitrogen and oxygen atoms in total. The Hall–Kier alpha value is -3.46. The summed E-state index contributed by atoms with van der Waals surface area (Å²) >= 11 is 0. The molecule has 2 aromatic rings. The molecule has 0 atom stereocenters. The fourth-order valence-electron chi connectivity index (χ4n) is 3.00. The van der Waals surface area contributed by atoms with Gasteiger partial charge in [0.1, 0.15) is 11.4 Å². The van der Waals surface area contributed by atoms with Gasteiger partial charge in [0.2, 0.25) is 5.43 Å². The van der Waals surface area contributed by atoms with Crippen molar-refractivity contribution in [1.29, 1.82) is 0 Å². The number of halogens is 1. The topological polar surface area (TPSA) is 98.7 Å². The van der Waals surface area contributed by atoms with Crippen molar-refractivity contribution in [2.45, 2.75) is 32.9 Å². The zero-order valence-electron chi connectivity index (χ0n) is 19.0. The van der Waals surface area contributed by atoms with E-state index in [4.69, 9.17) is 9.47 Å². The van der Waals surface area contributed by atoms with Crippen LogP contribution in [-0.4, -0.2) is 43.2 Å². The average molecular weight is 460 g/mol. The molecule has 0 fully saturated rings. The van der Waals surface area contributed by atoms with Crippen LogP contribution in [0.15, 0.2) is 47.9 Å². The Morgan fingerprint density at radius 1 is 1.15 bits per heavy atom. The highest BCUT2D eigenvalue weighted by Gasteiger charge is 2.25. The zero-order valence-corrected chi connectivity index (χ0v) is 19.0. The average Bonchev–Trinajstić information content (AvgIpc) is 2.80. The van der Waals surface area contributed by atoms with E-state index in [-0.39, 0.29) is 49.1 Å². The number of hydrogen-bond acceptors (Lipinski definition) is 5. The van der Waals surface area contributed by atoms with Crippen LogP contribution < -0.4 is 20.8 Å². The molecular formula is C24H30FN3O5. The maximum absolute atomic E-state index is 13.2. The highest BCUT2D eigenvalue weighted by molar-refractivity contribution is 5.98. The highest BCUT2D eigenvalue weighted by atomic mass is 19.1. The van der Waals surface area contributed by atoms with Crippen molar-refractivity contribution in [1.82, 2.24) is 15.2 Å². The third-order valence-corrected chi connectivity index (χ3v) is 4.73. The zero-order chi connectivity index (χ0) is 24.2. The van der Waals surface area contributed by atoms with E-state index in [9.17, 15) is 18.8 Å². The number of ether oxygens (including phenoxy) is 2. The van der Waals surface area contributed by atoms with Gasteiger partial charge in [0.05, 0.1) is 13.2 Å². The Morgan fingerprint density at radius 2 is 1.88 bits per heavy atom. The van der Waals surface area contributed by atoms with Crippen LogP contribution in [0.4, 0.5) is 4.39 Å². The third kappa shape index (κ3) is 7.28. The molecule has 0 aliphatic rings. The number of carbonyl (C=O) groups excluding carboxylic acids is 2. The summed E-state index contributed by atoms with van der Waals surface area (Å²) in [6.07, 6.45) is 4.37. The maximum Gasteiger partial charge on any atom is 0.272 e. The molecule has 33 heavy (non-hydrogen) atoms. The van der Waals surface area contributed by atoms with Crippen LogP contribution in [0.2, 0.25) is 0 Å². The number of allylic oxidation sites excluding steroid dienone is 1. The molecular weight excluding hydrogens is 429 g/mol. The standard InChI is InChI=1S/C24H30FN3O5/c1-4-6-13-33-22-20(24(31)26-11-14-32-3)28(12-5-2)16-19(21(22)29)23(30)27-15-17-7-9-18(25)10-8-17/h5,7-10,16H,2,4,6,11-15H2,1,3H3,(H,26,31)(H,27,30). The number of aromatic nitrogens is 1. The summed E-state index contributed by atoms with van der Waals surface area (Å²) in [7, 11) is 1.51. The number of nitrogens with zero attached hydrogens (tertiary/aromatic N) is 1. The molecule has 2 rings (SSSR count). The first-order chi connectivity index (χ1) is 15.9. The highest BCUT2D eigenvalue weighted by Crippen LogP contribution is 2.17. The van der Waals surface area contributed by atoms with Gasteiger partial charge in [-0.25, -0.2) is 4.39 Å². The number of amides is 2. The number of carbonyl (C=O) groups is 2. The van der Waals surface area contributed by atoms with E-state index in [0.29, 0.717) is 18.6 Å². The number of methoxy groups -OCH3 is 1. The molecule has 1 aromatic carbocycles. The Bertz CT molecular complexity index is 1020. The Balaban J connectivity index is 2.41. The minimum atomic E-state index is -0.681. The minimum Gasteiger partial charge on any atom is -0.487 e. The SMILES string of the molecule is C=CCn1cc(C(=O)NCc2ccc(F)cc2)c(=O)c(OCCCC)c1C(=O)NCCOC. The second-order valence-electron chi connectivity index (χ2n) is 7.25. The first-order valence-corrected chi connectivity index (χ1v) is 10.7. The number of hydrogen-bond donors (Lipinski definition) is 2. The molecule has 0 aliphatic carbocycles. The lowest BCUT2D eigenvalue weighted by Gasteiger charge is -2.18. The molecule has 2 amide bonds. The maximum atomic E-state index is 13.2. The van der Waals surface area contributed by atoms with E-state index < -0.39 is 17.2 Å². The second-order valence-corrected chi connectivity index (χ2v) is 7.25. The molecule has 0 saturated heterocycles. The first-order valence-electron chi connectivity index (χ1n) is 10.7. The van der Waals surface area contributed by atoms with Gasteiger partial charge in [0, 0.05) is 32.9 Å². The summed E-state index contributed by atoms with van der Waals surface area (Å²) in [5, 5.41) is 5.34. The first kappa shape index (κ1) is 25.8. The van der Waals surface area contributed by atoms with Gasteiger partial charge in [0.25, 0.3) is 11.8 Å². The van der Waals surface area contributed by atoms with Crippen LogP contribution in [0.5, 0.6) is 5.75 Å². The minimum absolute atomic E-state index is 0.0159. The molecule has 178 valence electrons. The van der Waals surface area contributed by atoms with E-state index in [1.165, 1.54) is 30.0 Å². The van der Waals surface area contributed by atoms with Crippen LogP contribution in [0, 0.1) is 5.82 Å². The second kappa shape index (κ2) is 13.2. The smallest absolute Gasteiger partial charge is 0.272 e. The van der Waals surface area contributed by atoms with E-state index in [1.807, 2.05) is 6.92 Å². The number of benzene rings is 1. The fraction of sp³-hybridized carbons (Fsp3) is 0.375. The number of rotatable bonds is 13. The molecule has 0 saturated carbocycles. The van der Waals surface area contributed by atoms with E-state index in [2.05, 4.69) is 17.2 Å². The predicted octanol–water partition coefficient (Wildman–Crippen LogP) is 2.66. The van der Waals surface area contributed by atoms with Gasteiger partial charge in [-0.05, 0) is 24.1 Å². The van der Waals surface area contributed by atoms with E-state index in [0.717, 1.165) is 6.42 Å². The van der Waals surface area contributed by atoms with Gasteiger partial charge in [-0.15, -0.1) is 6.58 Å². The van der Waals surface area contributed by atoms with Gasteiger partial charge in [-0.1, -0.05) is 31.6 Å². The van der Waals surface area contributed by atoms with Crippen molar-refractivity contribution >= 4 is 11.8 Å². The molecule has 2 N–H and O–H groups in total. The summed E-state index contributed by atoms with van der Waals surface area (Å²) in [6, 6.07) is 5.65. The van der Waals surface area contributed by atoms with Gasteiger partial charge in [0.15, 0.2) is 11.4 Å². The Morgan fingerprint density at radius 3 is 2.52 bits per heavy atom.